The zero-order valence-corrected chi connectivity index (χ0v) is 12.3. The van der Waals surface area contributed by atoms with Crippen LogP contribution in [0.15, 0.2) is 47.1 Å². The molecule has 2 rings (SSSR count). The van der Waals surface area contributed by atoms with Gasteiger partial charge in [0.15, 0.2) is 0 Å². The van der Waals surface area contributed by atoms with Crippen LogP contribution >= 0.6 is 39.1 Å². The summed E-state index contributed by atoms with van der Waals surface area (Å²) in [6.07, 6.45) is 3.95. The fourth-order valence-electron chi connectivity index (χ4n) is 1.63. The first-order chi connectivity index (χ1) is 8.00. The number of rotatable bonds is 1. The van der Waals surface area contributed by atoms with Crippen LogP contribution in [0.3, 0.4) is 0 Å². The highest BCUT2D eigenvalue weighted by molar-refractivity contribution is 9.12. The lowest BCUT2D eigenvalue weighted by Crippen LogP contribution is -2.18. The number of likely N-dealkylation sites (N-methyl/N-ethyl adjacent to an activating group) is 1. The molecule has 0 atom stereocenters. The molecule has 0 saturated carbocycles. The van der Waals surface area contributed by atoms with Crippen LogP contribution in [-0.4, -0.2) is 11.9 Å². The highest BCUT2D eigenvalue weighted by Gasteiger charge is 2.17. The Morgan fingerprint density at radius 3 is 2.59 bits per heavy atom. The second-order valence-corrected chi connectivity index (χ2v) is 5.39. The second kappa shape index (κ2) is 4.89. The molecule has 0 N–H and O–H groups in total. The number of hydrogen-bond donors (Lipinski definition) is 0. The topological polar surface area (TPSA) is 3.24 Å². The molecule has 1 aromatic rings. The van der Waals surface area contributed by atoms with Gasteiger partial charge in [0.1, 0.15) is 0 Å². The summed E-state index contributed by atoms with van der Waals surface area (Å²) in [5, 5.41) is 1.27. The number of hydrogen-bond acceptors (Lipinski definition) is 1. The maximum Gasteiger partial charge on any atom is 0.0514 e. The monoisotopic (exact) mass is 329 g/mol. The van der Waals surface area contributed by atoms with Crippen molar-refractivity contribution in [1.82, 2.24) is 4.90 Å². The maximum atomic E-state index is 6.20. The predicted molar refractivity (Wildman–Crippen MR) is 78.4 cm³/mol. The molecule has 0 amide bonds. The average Bonchev–Trinajstić information content (AvgIpc) is 2.28. The van der Waals surface area contributed by atoms with E-state index in [9.17, 15) is 0 Å². The van der Waals surface area contributed by atoms with Gasteiger partial charge in [-0.1, -0.05) is 29.8 Å². The summed E-state index contributed by atoms with van der Waals surface area (Å²) in [7, 11) is 1.95. The fraction of sp³-hybridized carbons (Fsp3) is 0.0769. The summed E-state index contributed by atoms with van der Waals surface area (Å²) in [5.74, 6) is 0. The Kier molecular flexibility index (Phi) is 3.67. The first-order valence-electron chi connectivity index (χ1n) is 4.96. The SMILES string of the molecule is C=C1C(Br)=CC=C(c2ccc(Cl)cc2Cl)N1C. The molecule has 88 valence electrons. The van der Waals surface area contributed by atoms with Gasteiger partial charge in [0.25, 0.3) is 0 Å². The van der Waals surface area contributed by atoms with Crippen LogP contribution in [0.5, 0.6) is 0 Å². The van der Waals surface area contributed by atoms with Crippen molar-refractivity contribution >= 4 is 44.8 Å². The lowest BCUT2D eigenvalue weighted by atomic mass is 10.1. The Balaban J connectivity index is 2.51. The minimum Gasteiger partial charge on any atom is -0.344 e. The molecular formula is C13H10BrCl2N. The predicted octanol–water partition coefficient (Wildman–Crippen LogP) is 5.07. The summed E-state index contributed by atoms with van der Waals surface area (Å²) in [6, 6.07) is 5.48. The zero-order valence-electron chi connectivity index (χ0n) is 9.17. The van der Waals surface area contributed by atoms with Crippen molar-refractivity contribution in [3.63, 3.8) is 0 Å². The summed E-state index contributed by atoms with van der Waals surface area (Å²) in [4.78, 5) is 1.99. The van der Waals surface area contributed by atoms with Crippen molar-refractivity contribution in [2.45, 2.75) is 0 Å². The quantitative estimate of drug-likeness (QED) is 0.694. The largest absolute Gasteiger partial charge is 0.344 e. The maximum absolute atomic E-state index is 6.20. The highest BCUT2D eigenvalue weighted by atomic mass is 79.9. The van der Waals surface area contributed by atoms with Gasteiger partial charge in [-0.2, -0.15) is 0 Å². The molecule has 4 heteroatoms. The van der Waals surface area contributed by atoms with Crippen molar-refractivity contribution in [3.8, 4) is 0 Å². The molecule has 0 aromatic heterocycles. The van der Waals surface area contributed by atoms with Crippen LogP contribution in [0, 0.1) is 0 Å². The smallest absolute Gasteiger partial charge is 0.0514 e. The zero-order chi connectivity index (χ0) is 12.6. The highest BCUT2D eigenvalue weighted by Crippen LogP contribution is 2.35. The number of benzene rings is 1. The van der Waals surface area contributed by atoms with Crippen LogP contribution in [0.4, 0.5) is 0 Å². The van der Waals surface area contributed by atoms with E-state index in [0.717, 1.165) is 21.4 Å². The normalized spacial score (nSPS) is 15.8. The summed E-state index contributed by atoms with van der Waals surface area (Å²) < 4.78 is 0.967. The first kappa shape index (κ1) is 12.7. The molecule has 17 heavy (non-hydrogen) atoms. The Bertz CT molecular complexity index is 546. The Morgan fingerprint density at radius 2 is 1.94 bits per heavy atom. The van der Waals surface area contributed by atoms with Crippen LogP contribution in [0.1, 0.15) is 5.56 Å². The van der Waals surface area contributed by atoms with Crippen molar-refractivity contribution in [2.75, 3.05) is 7.05 Å². The summed E-state index contributed by atoms with van der Waals surface area (Å²) in [5.41, 5.74) is 2.84. The Hall–Kier alpha value is -0.700. The summed E-state index contributed by atoms with van der Waals surface area (Å²) >= 11 is 15.5. The third kappa shape index (κ3) is 2.44. The van der Waals surface area contributed by atoms with Crippen LogP contribution in [0.25, 0.3) is 5.70 Å². The molecule has 1 aliphatic heterocycles. The first-order valence-corrected chi connectivity index (χ1v) is 6.51. The molecule has 0 bridgehead atoms. The lowest BCUT2D eigenvalue weighted by molar-refractivity contribution is 0.613. The lowest BCUT2D eigenvalue weighted by Gasteiger charge is -2.28. The van der Waals surface area contributed by atoms with E-state index in [1.807, 2.05) is 36.2 Å². The van der Waals surface area contributed by atoms with E-state index in [2.05, 4.69) is 22.5 Å². The van der Waals surface area contributed by atoms with E-state index < -0.39 is 0 Å². The molecule has 1 aliphatic rings. The average molecular weight is 331 g/mol. The van der Waals surface area contributed by atoms with Crippen LogP contribution in [0.2, 0.25) is 10.0 Å². The number of allylic oxidation sites excluding steroid dienone is 3. The Morgan fingerprint density at radius 1 is 1.24 bits per heavy atom. The molecule has 1 nitrogen and oxygen atoms in total. The van der Waals surface area contributed by atoms with Gasteiger partial charge in [-0.05, 0) is 46.3 Å². The van der Waals surface area contributed by atoms with E-state index >= 15 is 0 Å². The molecule has 1 heterocycles. The third-order valence-electron chi connectivity index (χ3n) is 2.64. The molecule has 1 aromatic carbocycles. The molecule has 0 fully saturated rings. The molecule has 0 spiro atoms. The third-order valence-corrected chi connectivity index (χ3v) is 3.91. The Labute approximate surface area is 119 Å². The van der Waals surface area contributed by atoms with E-state index in [0.29, 0.717) is 10.0 Å². The van der Waals surface area contributed by atoms with Gasteiger partial charge in [0.05, 0.1) is 5.02 Å². The van der Waals surface area contributed by atoms with Gasteiger partial charge in [0.2, 0.25) is 0 Å². The molecule has 0 aliphatic carbocycles. The van der Waals surface area contributed by atoms with E-state index in [4.69, 9.17) is 23.2 Å². The number of halogens is 3. The van der Waals surface area contributed by atoms with Gasteiger partial charge >= 0.3 is 0 Å². The standard InChI is InChI=1S/C13H10BrCl2N/c1-8-11(14)5-6-13(17(8)2)10-4-3-9(15)7-12(10)16/h3-7H,1H2,2H3. The molecule has 0 saturated heterocycles. The van der Waals surface area contributed by atoms with Crippen molar-refractivity contribution in [2.24, 2.45) is 0 Å². The van der Waals surface area contributed by atoms with E-state index in [1.165, 1.54) is 0 Å². The van der Waals surface area contributed by atoms with Crippen molar-refractivity contribution in [1.29, 1.82) is 0 Å². The van der Waals surface area contributed by atoms with Crippen molar-refractivity contribution < 1.29 is 0 Å². The fourth-order valence-corrected chi connectivity index (χ4v) is 2.54. The minimum absolute atomic E-state index is 0.633. The second-order valence-electron chi connectivity index (χ2n) is 3.70. The molecule has 0 unspecified atom stereocenters. The van der Waals surface area contributed by atoms with E-state index in [-0.39, 0.29) is 0 Å². The van der Waals surface area contributed by atoms with Gasteiger partial charge < -0.3 is 4.90 Å². The molecular weight excluding hydrogens is 321 g/mol. The van der Waals surface area contributed by atoms with Gasteiger partial charge in [-0.25, -0.2) is 0 Å². The van der Waals surface area contributed by atoms with Gasteiger partial charge in [-0.3, -0.25) is 0 Å². The van der Waals surface area contributed by atoms with E-state index in [1.54, 1.807) is 6.07 Å². The van der Waals surface area contributed by atoms with Crippen LogP contribution in [-0.2, 0) is 0 Å². The van der Waals surface area contributed by atoms with Crippen LogP contribution < -0.4 is 0 Å². The van der Waals surface area contributed by atoms with Gasteiger partial charge in [0, 0.05) is 33.5 Å². The van der Waals surface area contributed by atoms with Gasteiger partial charge in [-0.15, -0.1) is 0 Å². The van der Waals surface area contributed by atoms with Crippen molar-refractivity contribution in [3.05, 3.63) is 62.7 Å². The minimum atomic E-state index is 0.633. The number of nitrogens with zero attached hydrogens (tertiary/aromatic N) is 1. The summed E-state index contributed by atoms with van der Waals surface area (Å²) in [6.45, 7) is 4.00. The molecule has 0 radical (unpaired) electrons.